The lowest BCUT2D eigenvalue weighted by atomic mass is 10.1. The molecule has 1 aromatic rings. The van der Waals surface area contributed by atoms with Crippen LogP contribution >= 0.6 is 15.9 Å². The van der Waals surface area contributed by atoms with Crippen LogP contribution in [0.5, 0.6) is 0 Å². The predicted octanol–water partition coefficient (Wildman–Crippen LogP) is 3.67. The summed E-state index contributed by atoms with van der Waals surface area (Å²) in [5, 5.41) is 9.05. The van der Waals surface area contributed by atoms with Crippen LogP contribution in [0.15, 0.2) is 21.5 Å². The fourth-order valence-corrected chi connectivity index (χ4v) is 4.77. The van der Waals surface area contributed by atoms with E-state index in [0.717, 1.165) is 12.8 Å². The van der Waals surface area contributed by atoms with Crippen molar-refractivity contribution in [2.75, 3.05) is 5.75 Å². The molecule has 0 aliphatic carbocycles. The molecule has 0 heterocycles. The van der Waals surface area contributed by atoms with Gasteiger partial charge in [-0.2, -0.15) is 0 Å². The zero-order chi connectivity index (χ0) is 15.5. The van der Waals surface area contributed by atoms with Crippen molar-refractivity contribution >= 4 is 31.7 Å². The number of hydrogen-bond donors (Lipinski definition) is 1. The number of benzene rings is 1. The zero-order valence-electron chi connectivity index (χ0n) is 11.8. The van der Waals surface area contributed by atoms with Gasteiger partial charge < -0.3 is 5.11 Å². The summed E-state index contributed by atoms with van der Waals surface area (Å²) in [6.07, 6.45) is 1.57. The maximum Gasteiger partial charge on any atom is 0.335 e. The monoisotopic (exact) mass is 362 g/mol. The van der Waals surface area contributed by atoms with E-state index >= 15 is 0 Å². The molecule has 0 aliphatic heterocycles. The quantitative estimate of drug-likeness (QED) is 0.837. The Bertz CT molecular complexity index is 604. The van der Waals surface area contributed by atoms with Crippen molar-refractivity contribution in [1.29, 1.82) is 0 Å². The molecule has 0 fully saturated rings. The lowest BCUT2D eigenvalue weighted by molar-refractivity contribution is 0.0696. The van der Waals surface area contributed by atoms with Crippen LogP contribution in [-0.2, 0) is 9.84 Å². The number of carboxylic acid groups (broad SMARTS) is 1. The first-order valence-electron chi connectivity index (χ1n) is 6.49. The molecule has 0 bridgehead atoms. The summed E-state index contributed by atoms with van der Waals surface area (Å²) in [5.74, 6) is -0.993. The smallest absolute Gasteiger partial charge is 0.335 e. The molecule has 112 valence electrons. The fourth-order valence-electron chi connectivity index (χ4n) is 2.02. The Balaban J connectivity index is 3.34. The zero-order valence-corrected chi connectivity index (χ0v) is 14.2. The van der Waals surface area contributed by atoms with E-state index in [1.165, 1.54) is 12.1 Å². The lowest BCUT2D eigenvalue weighted by Crippen LogP contribution is -2.17. The standard InChI is InChI=1S/C14H19BrO4S/c1-4-10(5-2)8-20(18,19)13-7-11(14(16)17)6-12(15)9(13)3/h6-7,10H,4-5,8H2,1-3H3,(H,16,17). The van der Waals surface area contributed by atoms with E-state index in [1.807, 2.05) is 13.8 Å². The summed E-state index contributed by atoms with van der Waals surface area (Å²) in [5.41, 5.74) is 0.534. The van der Waals surface area contributed by atoms with Crippen LogP contribution < -0.4 is 0 Å². The van der Waals surface area contributed by atoms with E-state index in [1.54, 1.807) is 6.92 Å². The highest BCUT2D eigenvalue weighted by Gasteiger charge is 2.24. The molecule has 0 saturated heterocycles. The Morgan fingerprint density at radius 2 is 1.85 bits per heavy atom. The molecule has 0 unspecified atom stereocenters. The molecule has 0 saturated carbocycles. The number of halogens is 1. The van der Waals surface area contributed by atoms with Gasteiger partial charge in [0, 0.05) is 4.47 Å². The van der Waals surface area contributed by atoms with E-state index in [9.17, 15) is 13.2 Å². The molecule has 0 radical (unpaired) electrons. The van der Waals surface area contributed by atoms with Gasteiger partial charge in [0.1, 0.15) is 0 Å². The van der Waals surface area contributed by atoms with Crippen molar-refractivity contribution < 1.29 is 18.3 Å². The minimum atomic E-state index is -3.49. The Morgan fingerprint density at radius 1 is 1.30 bits per heavy atom. The first-order chi connectivity index (χ1) is 9.22. The van der Waals surface area contributed by atoms with Gasteiger partial charge in [-0.3, -0.25) is 0 Å². The predicted molar refractivity (Wildman–Crippen MR) is 82.0 cm³/mol. The number of carboxylic acids is 1. The van der Waals surface area contributed by atoms with E-state index in [2.05, 4.69) is 15.9 Å². The lowest BCUT2D eigenvalue weighted by Gasteiger charge is -2.15. The van der Waals surface area contributed by atoms with Gasteiger partial charge in [0.2, 0.25) is 0 Å². The van der Waals surface area contributed by atoms with Crippen LogP contribution in [0.3, 0.4) is 0 Å². The minimum absolute atomic E-state index is 0.0226. The van der Waals surface area contributed by atoms with Gasteiger partial charge in [0.15, 0.2) is 9.84 Å². The second-order valence-electron chi connectivity index (χ2n) is 4.85. The number of hydrogen-bond acceptors (Lipinski definition) is 3. The van der Waals surface area contributed by atoms with Gasteiger partial charge in [-0.15, -0.1) is 0 Å². The second kappa shape index (κ2) is 6.72. The largest absolute Gasteiger partial charge is 0.478 e. The number of rotatable bonds is 6. The molecule has 1 rings (SSSR count). The van der Waals surface area contributed by atoms with Crippen molar-refractivity contribution in [3.8, 4) is 0 Å². The maximum absolute atomic E-state index is 12.5. The van der Waals surface area contributed by atoms with E-state index in [0.29, 0.717) is 10.0 Å². The third-order valence-corrected chi connectivity index (χ3v) is 6.32. The third kappa shape index (κ3) is 3.82. The SMILES string of the molecule is CCC(CC)CS(=O)(=O)c1cc(C(=O)O)cc(Br)c1C. The molecule has 1 N–H and O–H groups in total. The van der Waals surface area contributed by atoms with Crippen LogP contribution in [-0.4, -0.2) is 25.2 Å². The molecule has 1 aromatic carbocycles. The van der Waals surface area contributed by atoms with Gasteiger partial charge >= 0.3 is 5.97 Å². The summed E-state index contributed by atoms with van der Waals surface area (Å²) < 4.78 is 25.5. The molecular weight excluding hydrogens is 344 g/mol. The summed E-state index contributed by atoms with van der Waals surface area (Å²) in [6.45, 7) is 5.59. The van der Waals surface area contributed by atoms with Gasteiger partial charge in [-0.1, -0.05) is 42.6 Å². The van der Waals surface area contributed by atoms with E-state index < -0.39 is 15.8 Å². The van der Waals surface area contributed by atoms with Crippen LogP contribution in [0.25, 0.3) is 0 Å². The van der Waals surface area contributed by atoms with Crippen molar-refractivity contribution in [2.24, 2.45) is 5.92 Å². The molecule has 6 heteroatoms. The molecule has 20 heavy (non-hydrogen) atoms. The topological polar surface area (TPSA) is 71.4 Å². The van der Waals surface area contributed by atoms with Crippen molar-refractivity contribution in [3.63, 3.8) is 0 Å². The average Bonchev–Trinajstić information content (AvgIpc) is 2.38. The first kappa shape index (κ1) is 17.2. The van der Waals surface area contributed by atoms with Gasteiger partial charge in [0.25, 0.3) is 0 Å². The normalized spacial score (nSPS) is 11.8. The van der Waals surface area contributed by atoms with E-state index in [4.69, 9.17) is 5.11 Å². The highest BCUT2D eigenvalue weighted by Crippen LogP contribution is 2.28. The molecular formula is C14H19BrO4S. The molecule has 0 atom stereocenters. The van der Waals surface area contributed by atoms with Gasteiger partial charge in [0.05, 0.1) is 16.2 Å². The molecule has 0 aliphatic rings. The minimum Gasteiger partial charge on any atom is -0.478 e. The van der Waals surface area contributed by atoms with E-state index in [-0.39, 0.29) is 22.1 Å². The second-order valence-corrected chi connectivity index (χ2v) is 7.71. The van der Waals surface area contributed by atoms with Crippen LogP contribution in [0.2, 0.25) is 0 Å². The van der Waals surface area contributed by atoms with Crippen LogP contribution in [0.4, 0.5) is 0 Å². The van der Waals surface area contributed by atoms with Crippen LogP contribution in [0.1, 0.15) is 42.6 Å². The van der Waals surface area contributed by atoms with Crippen LogP contribution in [0, 0.1) is 12.8 Å². The van der Waals surface area contributed by atoms with Gasteiger partial charge in [-0.25, -0.2) is 13.2 Å². The van der Waals surface area contributed by atoms with Crippen molar-refractivity contribution in [1.82, 2.24) is 0 Å². The maximum atomic E-state index is 12.5. The highest BCUT2D eigenvalue weighted by molar-refractivity contribution is 9.10. The average molecular weight is 363 g/mol. The Morgan fingerprint density at radius 3 is 2.30 bits per heavy atom. The summed E-state index contributed by atoms with van der Waals surface area (Å²) in [7, 11) is -3.49. The number of sulfone groups is 1. The fraction of sp³-hybridized carbons (Fsp3) is 0.500. The first-order valence-corrected chi connectivity index (χ1v) is 8.93. The Labute approximate surface area is 128 Å². The van der Waals surface area contributed by atoms with Crippen molar-refractivity contribution in [3.05, 3.63) is 27.7 Å². The molecule has 4 nitrogen and oxygen atoms in total. The highest BCUT2D eigenvalue weighted by atomic mass is 79.9. The Hall–Kier alpha value is -0.880. The van der Waals surface area contributed by atoms with Gasteiger partial charge in [-0.05, 0) is 30.5 Å². The molecule has 0 spiro atoms. The Kier molecular flexibility index (Phi) is 5.77. The molecule has 0 amide bonds. The number of aromatic carboxylic acids is 1. The third-order valence-electron chi connectivity index (χ3n) is 3.49. The number of carbonyl (C=O) groups is 1. The van der Waals surface area contributed by atoms with Crippen molar-refractivity contribution in [2.45, 2.75) is 38.5 Å². The summed E-state index contributed by atoms with van der Waals surface area (Å²) in [4.78, 5) is 11.2. The summed E-state index contributed by atoms with van der Waals surface area (Å²) >= 11 is 3.23. The summed E-state index contributed by atoms with van der Waals surface area (Å²) in [6, 6.07) is 2.67. The molecule has 0 aromatic heterocycles.